The standard InChI is InChI=1S/C14H20N2O4/c1-4-6-10(2)19-14(18)16-11-7-5-8-12(9-11)20-13(17)15-3/h5,7-10H,4,6H2,1-3H3,(H,15,17)(H,16,18). The van der Waals surface area contributed by atoms with Crippen LogP contribution in [0, 0.1) is 0 Å². The first-order chi connectivity index (χ1) is 9.55. The topological polar surface area (TPSA) is 76.7 Å². The van der Waals surface area contributed by atoms with Crippen molar-refractivity contribution in [1.82, 2.24) is 5.32 Å². The van der Waals surface area contributed by atoms with Crippen LogP contribution in [0.5, 0.6) is 5.75 Å². The molecule has 20 heavy (non-hydrogen) atoms. The second-order valence-electron chi connectivity index (χ2n) is 4.30. The molecule has 0 aliphatic rings. The van der Waals surface area contributed by atoms with Crippen LogP contribution in [0.1, 0.15) is 26.7 Å². The van der Waals surface area contributed by atoms with E-state index in [1.54, 1.807) is 24.3 Å². The molecule has 6 heteroatoms. The second kappa shape index (κ2) is 8.04. The van der Waals surface area contributed by atoms with E-state index in [9.17, 15) is 9.59 Å². The molecule has 110 valence electrons. The first kappa shape index (κ1) is 15.8. The van der Waals surface area contributed by atoms with Gasteiger partial charge in [-0.05, 0) is 25.5 Å². The molecular weight excluding hydrogens is 260 g/mol. The zero-order chi connectivity index (χ0) is 15.0. The predicted octanol–water partition coefficient (Wildman–Crippen LogP) is 3.14. The Morgan fingerprint density at radius 2 is 2.05 bits per heavy atom. The highest BCUT2D eigenvalue weighted by Crippen LogP contribution is 2.18. The van der Waals surface area contributed by atoms with Crippen LogP contribution in [0.25, 0.3) is 0 Å². The Labute approximate surface area is 118 Å². The summed E-state index contributed by atoms with van der Waals surface area (Å²) in [6.07, 6.45) is 0.534. The lowest BCUT2D eigenvalue weighted by molar-refractivity contribution is 0.115. The van der Waals surface area contributed by atoms with Crippen LogP contribution >= 0.6 is 0 Å². The van der Waals surface area contributed by atoms with E-state index < -0.39 is 12.2 Å². The maximum Gasteiger partial charge on any atom is 0.412 e. The van der Waals surface area contributed by atoms with Crippen molar-refractivity contribution in [3.05, 3.63) is 24.3 Å². The number of benzene rings is 1. The molecule has 0 bridgehead atoms. The molecular formula is C14H20N2O4. The van der Waals surface area contributed by atoms with Gasteiger partial charge in [-0.1, -0.05) is 19.4 Å². The number of anilines is 1. The summed E-state index contributed by atoms with van der Waals surface area (Å²) in [4.78, 5) is 22.7. The summed E-state index contributed by atoms with van der Waals surface area (Å²) in [5, 5.41) is 4.93. The quantitative estimate of drug-likeness (QED) is 0.868. The second-order valence-corrected chi connectivity index (χ2v) is 4.30. The van der Waals surface area contributed by atoms with Gasteiger partial charge in [-0.25, -0.2) is 9.59 Å². The van der Waals surface area contributed by atoms with Gasteiger partial charge in [0.15, 0.2) is 0 Å². The molecule has 0 saturated carbocycles. The molecule has 1 aromatic rings. The van der Waals surface area contributed by atoms with Crippen LogP contribution < -0.4 is 15.4 Å². The molecule has 0 radical (unpaired) electrons. The minimum Gasteiger partial charge on any atom is -0.446 e. The van der Waals surface area contributed by atoms with Crippen LogP contribution in [0.2, 0.25) is 0 Å². The van der Waals surface area contributed by atoms with Gasteiger partial charge in [-0.2, -0.15) is 0 Å². The summed E-state index contributed by atoms with van der Waals surface area (Å²) in [7, 11) is 1.47. The first-order valence-electron chi connectivity index (χ1n) is 6.52. The lowest BCUT2D eigenvalue weighted by Gasteiger charge is -2.13. The van der Waals surface area contributed by atoms with Gasteiger partial charge in [0.2, 0.25) is 0 Å². The third kappa shape index (κ3) is 5.60. The van der Waals surface area contributed by atoms with Crippen LogP contribution in [-0.4, -0.2) is 25.3 Å². The fourth-order valence-electron chi connectivity index (χ4n) is 1.59. The number of rotatable bonds is 5. The largest absolute Gasteiger partial charge is 0.446 e. The van der Waals surface area contributed by atoms with E-state index in [2.05, 4.69) is 10.6 Å². The molecule has 0 aliphatic carbocycles. The van der Waals surface area contributed by atoms with Crippen LogP contribution in [0.15, 0.2) is 24.3 Å². The van der Waals surface area contributed by atoms with E-state index in [-0.39, 0.29) is 6.10 Å². The first-order valence-corrected chi connectivity index (χ1v) is 6.52. The SMILES string of the molecule is CCCC(C)OC(=O)Nc1cccc(OC(=O)NC)c1. The molecule has 1 unspecified atom stereocenters. The number of carbonyl (C=O) groups is 2. The van der Waals surface area contributed by atoms with E-state index in [0.717, 1.165) is 12.8 Å². The van der Waals surface area contributed by atoms with Crippen molar-refractivity contribution >= 4 is 17.9 Å². The number of hydrogen-bond donors (Lipinski definition) is 2. The fraction of sp³-hybridized carbons (Fsp3) is 0.429. The van der Waals surface area contributed by atoms with Crippen molar-refractivity contribution in [2.45, 2.75) is 32.8 Å². The monoisotopic (exact) mass is 280 g/mol. The molecule has 1 rings (SSSR count). The summed E-state index contributed by atoms with van der Waals surface area (Å²) in [6.45, 7) is 3.87. The number of nitrogens with one attached hydrogen (secondary N) is 2. The Morgan fingerprint density at radius 3 is 2.70 bits per heavy atom. The smallest absolute Gasteiger partial charge is 0.412 e. The van der Waals surface area contributed by atoms with Crippen molar-refractivity contribution in [3.8, 4) is 5.75 Å². The van der Waals surface area contributed by atoms with Crippen LogP contribution in [-0.2, 0) is 4.74 Å². The van der Waals surface area contributed by atoms with Crippen LogP contribution in [0.3, 0.4) is 0 Å². The molecule has 0 aromatic heterocycles. The van der Waals surface area contributed by atoms with Gasteiger partial charge in [-0.15, -0.1) is 0 Å². The number of ether oxygens (including phenoxy) is 2. The molecule has 1 aromatic carbocycles. The summed E-state index contributed by atoms with van der Waals surface area (Å²) in [5.74, 6) is 0.337. The summed E-state index contributed by atoms with van der Waals surface area (Å²) in [5.41, 5.74) is 0.500. The molecule has 2 amide bonds. The maximum absolute atomic E-state index is 11.6. The maximum atomic E-state index is 11.6. The Morgan fingerprint density at radius 1 is 1.30 bits per heavy atom. The minimum absolute atomic E-state index is 0.134. The highest BCUT2D eigenvalue weighted by molar-refractivity contribution is 5.85. The summed E-state index contributed by atoms with van der Waals surface area (Å²) >= 11 is 0. The van der Waals surface area contributed by atoms with Gasteiger partial charge in [-0.3, -0.25) is 5.32 Å². The van der Waals surface area contributed by atoms with Gasteiger partial charge >= 0.3 is 12.2 Å². The predicted molar refractivity (Wildman–Crippen MR) is 76.0 cm³/mol. The molecule has 0 aliphatic heterocycles. The molecule has 1 atom stereocenters. The van der Waals surface area contributed by atoms with Crippen molar-refractivity contribution in [2.75, 3.05) is 12.4 Å². The third-order valence-electron chi connectivity index (χ3n) is 2.50. The van der Waals surface area contributed by atoms with Crippen molar-refractivity contribution in [3.63, 3.8) is 0 Å². The lowest BCUT2D eigenvalue weighted by atomic mass is 10.2. The molecule has 0 saturated heterocycles. The summed E-state index contributed by atoms with van der Waals surface area (Å²) < 4.78 is 10.1. The fourth-order valence-corrected chi connectivity index (χ4v) is 1.59. The zero-order valence-electron chi connectivity index (χ0n) is 11.9. The molecule has 2 N–H and O–H groups in total. The summed E-state index contributed by atoms with van der Waals surface area (Å²) in [6, 6.07) is 6.51. The Hall–Kier alpha value is -2.24. The molecule has 0 spiro atoms. The van der Waals surface area contributed by atoms with Crippen molar-refractivity contribution in [2.24, 2.45) is 0 Å². The van der Waals surface area contributed by atoms with Gasteiger partial charge < -0.3 is 14.8 Å². The normalized spacial score (nSPS) is 11.3. The van der Waals surface area contributed by atoms with E-state index in [1.807, 2.05) is 13.8 Å². The number of amides is 2. The molecule has 6 nitrogen and oxygen atoms in total. The Kier molecular flexibility index (Phi) is 6.36. The number of carbonyl (C=O) groups excluding carboxylic acids is 2. The average molecular weight is 280 g/mol. The van der Waals surface area contributed by atoms with E-state index in [4.69, 9.17) is 9.47 Å². The van der Waals surface area contributed by atoms with Gasteiger partial charge in [0.1, 0.15) is 11.9 Å². The van der Waals surface area contributed by atoms with E-state index in [0.29, 0.717) is 11.4 Å². The van der Waals surface area contributed by atoms with E-state index >= 15 is 0 Å². The lowest BCUT2D eigenvalue weighted by Crippen LogP contribution is -2.22. The van der Waals surface area contributed by atoms with Gasteiger partial charge in [0.25, 0.3) is 0 Å². The number of hydrogen-bond acceptors (Lipinski definition) is 4. The van der Waals surface area contributed by atoms with E-state index in [1.165, 1.54) is 7.05 Å². The highest BCUT2D eigenvalue weighted by Gasteiger charge is 2.09. The minimum atomic E-state index is -0.568. The van der Waals surface area contributed by atoms with Crippen molar-refractivity contribution in [1.29, 1.82) is 0 Å². The Bertz CT molecular complexity index is 462. The Balaban J connectivity index is 2.57. The van der Waals surface area contributed by atoms with Crippen LogP contribution in [0.4, 0.5) is 15.3 Å². The third-order valence-corrected chi connectivity index (χ3v) is 2.50. The van der Waals surface area contributed by atoms with Gasteiger partial charge in [0.05, 0.1) is 0 Å². The average Bonchev–Trinajstić information content (AvgIpc) is 2.38. The highest BCUT2D eigenvalue weighted by atomic mass is 16.6. The molecule has 0 heterocycles. The molecule has 0 fully saturated rings. The van der Waals surface area contributed by atoms with Crippen molar-refractivity contribution < 1.29 is 19.1 Å². The van der Waals surface area contributed by atoms with Gasteiger partial charge in [0, 0.05) is 18.8 Å². The zero-order valence-corrected chi connectivity index (χ0v) is 11.9.